The third-order valence-electron chi connectivity index (χ3n) is 3.87. The minimum atomic E-state index is 0.555. The molecule has 2 aromatic rings. The highest BCUT2D eigenvalue weighted by Crippen LogP contribution is 2.34. The zero-order chi connectivity index (χ0) is 12.7. The molecule has 2 nitrogen and oxygen atoms in total. The summed E-state index contributed by atoms with van der Waals surface area (Å²) in [6, 6.07) is 6.79. The van der Waals surface area contributed by atoms with Crippen molar-refractivity contribution in [2.75, 3.05) is 18.0 Å². The zero-order valence-electron chi connectivity index (χ0n) is 11.4. The van der Waals surface area contributed by atoms with Gasteiger partial charge in [0, 0.05) is 36.1 Å². The van der Waals surface area contributed by atoms with Crippen molar-refractivity contribution >= 4 is 16.5 Å². The van der Waals surface area contributed by atoms with Crippen molar-refractivity contribution in [2.24, 2.45) is 0 Å². The predicted molar refractivity (Wildman–Crippen MR) is 77.4 cm³/mol. The number of nitrogens with zero attached hydrogens (tertiary/aromatic N) is 2. The highest BCUT2D eigenvalue weighted by atomic mass is 15.2. The molecule has 1 saturated heterocycles. The SMILES string of the molecule is Cc1cc2c(C(C)C)ccc(N3CCC3)c2cn1. The van der Waals surface area contributed by atoms with Gasteiger partial charge in [-0.3, -0.25) is 4.98 Å². The third-order valence-corrected chi connectivity index (χ3v) is 3.87. The van der Waals surface area contributed by atoms with Gasteiger partial charge in [-0.25, -0.2) is 0 Å². The van der Waals surface area contributed by atoms with E-state index in [4.69, 9.17) is 0 Å². The summed E-state index contributed by atoms with van der Waals surface area (Å²) in [4.78, 5) is 6.93. The van der Waals surface area contributed by atoms with Crippen molar-refractivity contribution in [3.05, 3.63) is 35.7 Å². The van der Waals surface area contributed by atoms with E-state index in [1.807, 2.05) is 6.20 Å². The summed E-state index contributed by atoms with van der Waals surface area (Å²) < 4.78 is 0. The highest BCUT2D eigenvalue weighted by molar-refractivity contribution is 5.96. The number of pyridine rings is 1. The van der Waals surface area contributed by atoms with Gasteiger partial charge in [0.2, 0.25) is 0 Å². The zero-order valence-corrected chi connectivity index (χ0v) is 11.4. The van der Waals surface area contributed by atoms with Crippen LogP contribution in [-0.4, -0.2) is 18.1 Å². The van der Waals surface area contributed by atoms with E-state index in [9.17, 15) is 0 Å². The largest absolute Gasteiger partial charge is 0.371 e. The molecule has 0 aliphatic carbocycles. The van der Waals surface area contributed by atoms with Gasteiger partial charge in [-0.05, 0) is 42.3 Å². The molecule has 1 aliphatic rings. The topological polar surface area (TPSA) is 16.1 Å². The van der Waals surface area contributed by atoms with E-state index in [-0.39, 0.29) is 0 Å². The molecule has 1 fully saturated rings. The number of hydrogen-bond acceptors (Lipinski definition) is 2. The lowest BCUT2D eigenvalue weighted by atomic mass is 9.95. The Balaban J connectivity index is 2.25. The first-order valence-electron chi connectivity index (χ1n) is 6.81. The van der Waals surface area contributed by atoms with Gasteiger partial charge in [0.05, 0.1) is 0 Å². The molecule has 0 spiro atoms. The molecule has 0 atom stereocenters. The van der Waals surface area contributed by atoms with Gasteiger partial charge in [-0.2, -0.15) is 0 Å². The second kappa shape index (κ2) is 4.27. The maximum atomic E-state index is 4.48. The Morgan fingerprint density at radius 3 is 2.56 bits per heavy atom. The predicted octanol–water partition coefficient (Wildman–Crippen LogP) is 3.88. The lowest BCUT2D eigenvalue weighted by Crippen LogP contribution is -2.37. The molecule has 0 bridgehead atoms. The Kier molecular flexibility index (Phi) is 2.73. The average Bonchev–Trinajstić information content (AvgIpc) is 2.26. The molecule has 2 heterocycles. The smallest absolute Gasteiger partial charge is 0.0461 e. The van der Waals surface area contributed by atoms with E-state index in [0.717, 1.165) is 5.69 Å². The fraction of sp³-hybridized carbons (Fsp3) is 0.438. The number of benzene rings is 1. The van der Waals surface area contributed by atoms with E-state index < -0.39 is 0 Å². The number of anilines is 1. The van der Waals surface area contributed by atoms with Crippen LogP contribution in [0.5, 0.6) is 0 Å². The molecule has 18 heavy (non-hydrogen) atoms. The van der Waals surface area contributed by atoms with Crippen LogP contribution in [0.1, 0.15) is 37.4 Å². The van der Waals surface area contributed by atoms with Crippen LogP contribution in [0.2, 0.25) is 0 Å². The molecule has 3 rings (SSSR count). The first-order chi connectivity index (χ1) is 8.66. The van der Waals surface area contributed by atoms with Gasteiger partial charge in [-0.1, -0.05) is 19.9 Å². The van der Waals surface area contributed by atoms with Crippen LogP contribution >= 0.6 is 0 Å². The van der Waals surface area contributed by atoms with E-state index in [0.29, 0.717) is 5.92 Å². The summed E-state index contributed by atoms with van der Waals surface area (Å²) in [6.07, 6.45) is 3.36. The standard InChI is InChI=1S/C16H20N2/c1-11(2)13-5-6-16(18-7-4-8-18)15-10-17-12(3)9-14(13)15/h5-6,9-11H,4,7-8H2,1-3H3. The van der Waals surface area contributed by atoms with Crippen molar-refractivity contribution in [3.8, 4) is 0 Å². The average molecular weight is 240 g/mol. The molecule has 1 aromatic heterocycles. The van der Waals surface area contributed by atoms with Crippen LogP contribution in [0.15, 0.2) is 24.4 Å². The van der Waals surface area contributed by atoms with Crippen LogP contribution < -0.4 is 4.90 Å². The molecular weight excluding hydrogens is 220 g/mol. The highest BCUT2D eigenvalue weighted by Gasteiger charge is 2.18. The maximum Gasteiger partial charge on any atom is 0.0461 e. The molecule has 2 heteroatoms. The Hall–Kier alpha value is -1.57. The molecule has 1 aromatic carbocycles. The first kappa shape index (κ1) is 11.5. The quantitative estimate of drug-likeness (QED) is 0.792. The summed E-state index contributed by atoms with van der Waals surface area (Å²) in [7, 11) is 0. The molecule has 1 aliphatic heterocycles. The summed E-state index contributed by atoms with van der Waals surface area (Å²) in [5.41, 5.74) is 3.89. The summed E-state index contributed by atoms with van der Waals surface area (Å²) in [5.74, 6) is 0.555. The van der Waals surface area contributed by atoms with Gasteiger partial charge in [0.1, 0.15) is 0 Å². The lowest BCUT2D eigenvalue weighted by Gasteiger charge is -2.34. The Morgan fingerprint density at radius 1 is 1.17 bits per heavy atom. The van der Waals surface area contributed by atoms with Gasteiger partial charge < -0.3 is 4.90 Å². The van der Waals surface area contributed by atoms with Crippen LogP contribution in [0.25, 0.3) is 10.8 Å². The minimum Gasteiger partial charge on any atom is -0.371 e. The second-order valence-electron chi connectivity index (χ2n) is 5.54. The fourth-order valence-electron chi connectivity index (χ4n) is 2.69. The molecule has 0 N–H and O–H groups in total. The van der Waals surface area contributed by atoms with Gasteiger partial charge in [-0.15, -0.1) is 0 Å². The normalized spacial score (nSPS) is 15.2. The molecular formula is C16H20N2. The van der Waals surface area contributed by atoms with E-state index in [1.165, 1.54) is 41.5 Å². The van der Waals surface area contributed by atoms with E-state index in [2.05, 4.69) is 48.9 Å². The molecule has 0 radical (unpaired) electrons. The van der Waals surface area contributed by atoms with Gasteiger partial charge in [0.25, 0.3) is 0 Å². The number of fused-ring (bicyclic) bond motifs is 1. The van der Waals surface area contributed by atoms with Gasteiger partial charge in [0.15, 0.2) is 0 Å². The summed E-state index contributed by atoms with van der Waals surface area (Å²) >= 11 is 0. The van der Waals surface area contributed by atoms with Crippen LogP contribution in [0.3, 0.4) is 0 Å². The number of aryl methyl sites for hydroxylation is 1. The monoisotopic (exact) mass is 240 g/mol. The van der Waals surface area contributed by atoms with E-state index >= 15 is 0 Å². The first-order valence-corrected chi connectivity index (χ1v) is 6.81. The van der Waals surface area contributed by atoms with E-state index in [1.54, 1.807) is 0 Å². The number of hydrogen-bond donors (Lipinski definition) is 0. The van der Waals surface area contributed by atoms with Gasteiger partial charge >= 0.3 is 0 Å². The number of rotatable bonds is 2. The third kappa shape index (κ3) is 1.76. The summed E-state index contributed by atoms with van der Waals surface area (Å²) in [6.45, 7) is 8.95. The fourth-order valence-corrected chi connectivity index (χ4v) is 2.69. The van der Waals surface area contributed by atoms with Crippen molar-refractivity contribution in [3.63, 3.8) is 0 Å². The Labute approximate surface area is 109 Å². The van der Waals surface area contributed by atoms with Crippen LogP contribution in [0.4, 0.5) is 5.69 Å². The van der Waals surface area contributed by atoms with Crippen molar-refractivity contribution in [1.82, 2.24) is 4.98 Å². The van der Waals surface area contributed by atoms with Crippen molar-refractivity contribution in [2.45, 2.75) is 33.1 Å². The second-order valence-corrected chi connectivity index (χ2v) is 5.54. The molecule has 94 valence electrons. The molecule has 0 saturated carbocycles. The molecule has 0 amide bonds. The van der Waals surface area contributed by atoms with Crippen molar-refractivity contribution in [1.29, 1.82) is 0 Å². The lowest BCUT2D eigenvalue weighted by molar-refractivity contribution is 0.619. The maximum absolute atomic E-state index is 4.48. The van der Waals surface area contributed by atoms with Crippen molar-refractivity contribution < 1.29 is 0 Å². The van der Waals surface area contributed by atoms with Crippen LogP contribution in [0, 0.1) is 6.92 Å². The van der Waals surface area contributed by atoms with Crippen LogP contribution in [-0.2, 0) is 0 Å². The summed E-state index contributed by atoms with van der Waals surface area (Å²) in [5, 5.41) is 2.69. The molecule has 0 unspecified atom stereocenters. The Bertz CT molecular complexity index is 583. The Morgan fingerprint density at radius 2 is 1.94 bits per heavy atom. The minimum absolute atomic E-state index is 0.555. The number of aromatic nitrogens is 1.